The summed E-state index contributed by atoms with van der Waals surface area (Å²) in [7, 11) is -3.42. The van der Waals surface area contributed by atoms with Gasteiger partial charge >= 0.3 is 0 Å². The molecule has 0 heterocycles. The van der Waals surface area contributed by atoms with Crippen molar-refractivity contribution in [2.24, 2.45) is 0 Å². The molecule has 0 aliphatic heterocycles. The van der Waals surface area contributed by atoms with Crippen molar-refractivity contribution < 1.29 is 17.6 Å². The molecule has 1 saturated carbocycles. The van der Waals surface area contributed by atoms with Gasteiger partial charge in [-0.2, -0.15) is 0 Å². The van der Waals surface area contributed by atoms with Crippen molar-refractivity contribution >= 4 is 33.0 Å². The van der Waals surface area contributed by atoms with Crippen LogP contribution in [-0.2, 0) is 9.84 Å². The summed E-state index contributed by atoms with van der Waals surface area (Å²) in [4.78, 5) is 12.4. The highest BCUT2D eigenvalue weighted by Gasteiger charge is 2.30. The van der Waals surface area contributed by atoms with E-state index in [0.717, 1.165) is 18.9 Å². The Balaban J connectivity index is 1.84. The van der Waals surface area contributed by atoms with Crippen LogP contribution in [0, 0.1) is 5.82 Å². The van der Waals surface area contributed by atoms with Gasteiger partial charge in [-0.1, -0.05) is 30.5 Å². The van der Waals surface area contributed by atoms with Crippen molar-refractivity contribution in [2.75, 3.05) is 5.32 Å². The van der Waals surface area contributed by atoms with E-state index in [1.165, 1.54) is 24.3 Å². The van der Waals surface area contributed by atoms with E-state index in [2.05, 4.69) is 5.32 Å². The third-order valence-electron chi connectivity index (χ3n) is 4.33. The molecule has 0 bridgehead atoms. The number of nitrogens with one attached hydrogen (secondary N) is 1. The van der Waals surface area contributed by atoms with Gasteiger partial charge in [0.15, 0.2) is 9.84 Å². The molecular formula is C18H17ClFNO3S. The van der Waals surface area contributed by atoms with Crippen LogP contribution in [0.2, 0.25) is 5.02 Å². The number of anilines is 1. The predicted octanol–water partition coefficient (Wildman–Crippen LogP) is 4.45. The molecule has 0 spiro atoms. The molecule has 1 N–H and O–H groups in total. The van der Waals surface area contributed by atoms with E-state index in [1.807, 2.05) is 0 Å². The van der Waals surface area contributed by atoms with Crippen LogP contribution >= 0.6 is 11.6 Å². The standard InChI is InChI=1S/C18H17ClFNO3S/c19-12-8-9-17(20)16(10-12)18(22)21-13-4-3-7-15(11-13)25(23,24)14-5-1-2-6-14/h3-4,7-11,14H,1-2,5-6H2,(H,21,22). The van der Waals surface area contributed by atoms with Crippen molar-refractivity contribution in [1.82, 2.24) is 0 Å². The molecule has 0 radical (unpaired) electrons. The lowest BCUT2D eigenvalue weighted by molar-refractivity contribution is 0.102. The second-order valence-electron chi connectivity index (χ2n) is 6.06. The van der Waals surface area contributed by atoms with Gasteiger partial charge in [-0.05, 0) is 49.2 Å². The van der Waals surface area contributed by atoms with Crippen LogP contribution in [0.3, 0.4) is 0 Å². The lowest BCUT2D eigenvalue weighted by atomic mass is 10.2. The van der Waals surface area contributed by atoms with Gasteiger partial charge < -0.3 is 5.32 Å². The number of halogens is 2. The highest BCUT2D eigenvalue weighted by atomic mass is 35.5. The lowest BCUT2D eigenvalue weighted by Crippen LogP contribution is -2.18. The van der Waals surface area contributed by atoms with Crippen molar-refractivity contribution in [3.63, 3.8) is 0 Å². The fourth-order valence-corrected chi connectivity index (χ4v) is 5.08. The van der Waals surface area contributed by atoms with Gasteiger partial charge in [0.1, 0.15) is 5.82 Å². The monoisotopic (exact) mass is 381 g/mol. The van der Waals surface area contributed by atoms with Gasteiger partial charge in [0.05, 0.1) is 15.7 Å². The molecule has 0 unspecified atom stereocenters. The minimum atomic E-state index is -3.42. The van der Waals surface area contributed by atoms with Gasteiger partial charge in [0.2, 0.25) is 0 Å². The van der Waals surface area contributed by atoms with Crippen LogP contribution in [0.5, 0.6) is 0 Å². The first-order valence-electron chi connectivity index (χ1n) is 7.98. The average molecular weight is 382 g/mol. The minimum absolute atomic E-state index is 0.170. The van der Waals surface area contributed by atoms with Crippen LogP contribution < -0.4 is 5.32 Å². The minimum Gasteiger partial charge on any atom is -0.322 e. The van der Waals surface area contributed by atoms with E-state index in [4.69, 9.17) is 11.6 Å². The van der Waals surface area contributed by atoms with Crippen LogP contribution in [0.15, 0.2) is 47.4 Å². The Morgan fingerprint density at radius 3 is 2.56 bits per heavy atom. The van der Waals surface area contributed by atoms with Gasteiger partial charge in [-0.15, -0.1) is 0 Å². The number of carbonyl (C=O) groups is 1. The summed E-state index contributed by atoms with van der Waals surface area (Å²) >= 11 is 5.80. The Hall–Kier alpha value is -1.92. The van der Waals surface area contributed by atoms with Crippen molar-refractivity contribution in [3.8, 4) is 0 Å². The number of rotatable bonds is 4. The van der Waals surface area contributed by atoms with E-state index in [1.54, 1.807) is 12.1 Å². The summed E-state index contributed by atoms with van der Waals surface area (Å²) in [5.74, 6) is -1.38. The molecule has 1 amide bonds. The second-order valence-corrected chi connectivity index (χ2v) is 8.72. The molecule has 0 aromatic heterocycles. The quantitative estimate of drug-likeness (QED) is 0.851. The number of carbonyl (C=O) groups excluding carboxylic acids is 1. The number of benzene rings is 2. The van der Waals surface area contributed by atoms with Crippen molar-refractivity contribution in [2.45, 2.75) is 35.8 Å². The van der Waals surface area contributed by atoms with E-state index < -0.39 is 21.6 Å². The van der Waals surface area contributed by atoms with Crippen LogP contribution in [-0.4, -0.2) is 19.6 Å². The fourth-order valence-electron chi connectivity index (χ4n) is 3.01. The zero-order chi connectivity index (χ0) is 18.0. The number of hydrogen-bond acceptors (Lipinski definition) is 3. The Morgan fingerprint density at radius 2 is 1.84 bits per heavy atom. The summed E-state index contributed by atoms with van der Waals surface area (Å²) in [6, 6.07) is 9.74. The Bertz CT molecular complexity index is 908. The van der Waals surface area contributed by atoms with E-state index in [-0.39, 0.29) is 20.7 Å². The zero-order valence-corrected chi connectivity index (χ0v) is 14.9. The topological polar surface area (TPSA) is 63.2 Å². The molecule has 2 aromatic carbocycles. The predicted molar refractivity (Wildman–Crippen MR) is 95.2 cm³/mol. The zero-order valence-electron chi connectivity index (χ0n) is 13.3. The highest BCUT2D eigenvalue weighted by molar-refractivity contribution is 7.92. The molecule has 1 aliphatic carbocycles. The third kappa shape index (κ3) is 3.85. The molecule has 2 aromatic rings. The molecule has 7 heteroatoms. The second kappa shape index (κ2) is 7.14. The Morgan fingerprint density at radius 1 is 1.12 bits per heavy atom. The molecule has 1 fully saturated rings. The smallest absolute Gasteiger partial charge is 0.258 e. The molecule has 25 heavy (non-hydrogen) atoms. The first kappa shape index (κ1) is 17.9. The summed E-state index contributed by atoms with van der Waals surface area (Å²) in [5.41, 5.74) is 0.0972. The average Bonchev–Trinajstić information content (AvgIpc) is 3.12. The lowest BCUT2D eigenvalue weighted by Gasteiger charge is -2.13. The maximum atomic E-state index is 13.8. The Kier molecular flexibility index (Phi) is 5.11. The first-order valence-corrected chi connectivity index (χ1v) is 9.91. The van der Waals surface area contributed by atoms with Gasteiger partial charge in [0.25, 0.3) is 5.91 Å². The van der Waals surface area contributed by atoms with Gasteiger partial charge in [0, 0.05) is 10.7 Å². The highest BCUT2D eigenvalue weighted by Crippen LogP contribution is 2.30. The van der Waals surface area contributed by atoms with Crippen LogP contribution in [0.1, 0.15) is 36.0 Å². The van der Waals surface area contributed by atoms with Crippen LogP contribution in [0.4, 0.5) is 10.1 Å². The summed E-state index contributed by atoms with van der Waals surface area (Å²) in [6.07, 6.45) is 3.14. The fraction of sp³-hybridized carbons (Fsp3) is 0.278. The number of hydrogen-bond donors (Lipinski definition) is 1. The third-order valence-corrected chi connectivity index (χ3v) is 6.83. The number of sulfone groups is 1. The van der Waals surface area contributed by atoms with Crippen molar-refractivity contribution in [1.29, 1.82) is 0 Å². The molecule has 0 saturated heterocycles. The Labute approximate surface area is 150 Å². The first-order chi connectivity index (χ1) is 11.9. The molecule has 132 valence electrons. The molecular weight excluding hydrogens is 365 g/mol. The SMILES string of the molecule is O=C(Nc1cccc(S(=O)(=O)C2CCCC2)c1)c1cc(Cl)ccc1F. The van der Waals surface area contributed by atoms with Crippen LogP contribution in [0.25, 0.3) is 0 Å². The molecule has 1 aliphatic rings. The summed E-state index contributed by atoms with van der Waals surface area (Å²) in [5, 5.41) is 2.40. The van der Waals surface area contributed by atoms with E-state index >= 15 is 0 Å². The number of amides is 1. The van der Waals surface area contributed by atoms with Gasteiger partial charge in [-0.3, -0.25) is 4.79 Å². The molecule has 3 rings (SSSR count). The maximum absolute atomic E-state index is 13.8. The summed E-state index contributed by atoms with van der Waals surface area (Å²) < 4.78 is 39.1. The normalized spacial score (nSPS) is 15.3. The van der Waals surface area contributed by atoms with Gasteiger partial charge in [-0.25, -0.2) is 12.8 Å². The van der Waals surface area contributed by atoms with E-state index in [9.17, 15) is 17.6 Å². The van der Waals surface area contributed by atoms with Crippen molar-refractivity contribution in [3.05, 3.63) is 58.9 Å². The molecule has 4 nitrogen and oxygen atoms in total. The summed E-state index contributed by atoms with van der Waals surface area (Å²) in [6.45, 7) is 0. The molecule has 0 atom stereocenters. The maximum Gasteiger partial charge on any atom is 0.258 e. The van der Waals surface area contributed by atoms with E-state index in [0.29, 0.717) is 18.5 Å². The largest absolute Gasteiger partial charge is 0.322 e.